The van der Waals surface area contributed by atoms with Crippen LogP contribution in [0.5, 0.6) is 0 Å². The number of hydrogen-bond acceptors (Lipinski definition) is 3. The zero-order chi connectivity index (χ0) is 12.3. The number of carbonyl (C=O) groups excluding carboxylic acids is 1. The van der Waals surface area contributed by atoms with Crippen LogP contribution in [0.1, 0.15) is 19.4 Å². The van der Waals surface area contributed by atoms with Crippen LogP contribution < -0.4 is 0 Å². The number of benzene rings is 1. The van der Waals surface area contributed by atoms with E-state index in [1.165, 1.54) is 6.92 Å². The molecule has 0 amide bonds. The van der Waals surface area contributed by atoms with Gasteiger partial charge in [0.05, 0.1) is 0 Å². The van der Waals surface area contributed by atoms with Gasteiger partial charge in [-0.25, -0.2) is 8.78 Å². The first-order valence-electron chi connectivity index (χ1n) is 4.45. The fourth-order valence-electron chi connectivity index (χ4n) is 1.30. The normalized spacial score (nSPS) is 13.7. The Bertz CT molecular complexity index is 468. The molecular formula is C11H9F2NO2. The smallest absolute Gasteiger partial charge is 0.304 e. The predicted octanol–water partition coefficient (Wildman–Crippen LogP) is 2.27. The van der Waals surface area contributed by atoms with E-state index in [-0.39, 0.29) is 5.56 Å². The molecule has 0 aliphatic carbocycles. The average Bonchev–Trinajstić information content (AvgIpc) is 2.16. The van der Waals surface area contributed by atoms with Crippen molar-refractivity contribution in [2.24, 2.45) is 0 Å². The zero-order valence-corrected chi connectivity index (χ0v) is 8.75. The van der Waals surface area contributed by atoms with E-state index in [4.69, 9.17) is 10.00 Å². The molecule has 0 N–H and O–H groups in total. The van der Waals surface area contributed by atoms with E-state index in [0.29, 0.717) is 6.07 Å². The lowest BCUT2D eigenvalue weighted by Gasteiger charge is -2.22. The molecule has 0 bridgehead atoms. The molecule has 1 aromatic rings. The average molecular weight is 225 g/mol. The van der Waals surface area contributed by atoms with E-state index >= 15 is 0 Å². The zero-order valence-electron chi connectivity index (χ0n) is 8.75. The van der Waals surface area contributed by atoms with Gasteiger partial charge in [-0.05, 0) is 19.1 Å². The van der Waals surface area contributed by atoms with Crippen molar-refractivity contribution >= 4 is 5.97 Å². The van der Waals surface area contributed by atoms with Crippen molar-refractivity contribution in [2.45, 2.75) is 19.4 Å². The topological polar surface area (TPSA) is 50.1 Å². The highest BCUT2D eigenvalue weighted by atomic mass is 19.1. The van der Waals surface area contributed by atoms with Crippen LogP contribution in [0, 0.1) is 23.0 Å². The fraction of sp³-hybridized carbons (Fsp3) is 0.273. The maximum absolute atomic E-state index is 13.4. The summed E-state index contributed by atoms with van der Waals surface area (Å²) in [6.07, 6.45) is 0. The summed E-state index contributed by atoms with van der Waals surface area (Å²) in [6.45, 7) is 2.35. The van der Waals surface area contributed by atoms with Gasteiger partial charge in [0, 0.05) is 18.6 Å². The lowest BCUT2D eigenvalue weighted by molar-refractivity contribution is -0.151. The number of hydrogen-bond donors (Lipinski definition) is 0. The van der Waals surface area contributed by atoms with E-state index in [0.717, 1.165) is 19.1 Å². The first kappa shape index (κ1) is 12.1. The number of carbonyl (C=O) groups is 1. The summed E-state index contributed by atoms with van der Waals surface area (Å²) in [7, 11) is 0. The van der Waals surface area contributed by atoms with E-state index in [1.54, 1.807) is 6.07 Å². The van der Waals surface area contributed by atoms with Crippen LogP contribution in [0.3, 0.4) is 0 Å². The molecule has 1 rings (SSSR count). The molecule has 84 valence electrons. The highest BCUT2D eigenvalue weighted by Gasteiger charge is 2.33. The van der Waals surface area contributed by atoms with Crippen LogP contribution >= 0.6 is 0 Å². The second kappa shape index (κ2) is 4.27. The Balaban J connectivity index is 3.24. The molecule has 0 aromatic heterocycles. The van der Waals surface area contributed by atoms with Gasteiger partial charge in [-0.15, -0.1) is 0 Å². The summed E-state index contributed by atoms with van der Waals surface area (Å²) in [5.74, 6) is -2.40. The van der Waals surface area contributed by atoms with Gasteiger partial charge in [-0.3, -0.25) is 4.79 Å². The fourth-order valence-corrected chi connectivity index (χ4v) is 1.30. The summed E-state index contributed by atoms with van der Waals surface area (Å²) in [6, 6.07) is 4.39. The van der Waals surface area contributed by atoms with Gasteiger partial charge in [0.25, 0.3) is 0 Å². The Hall–Kier alpha value is -1.96. The Kier molecular flexibility index (Phi) is 3.23. The van der Waals surface area contributed by atoms with Crippen molar-refractivity contribution in [2.75, 3.05) is 0 Å². The van der Waals surface area contributed by atoms with E-state index in [2.05, 4.69) is 0 Å². The van der Waals surface area contributed by atoms with Gasteiger partial charge in [0.1, 0.15) is 17.7 Å². The highest BCUT2D eigenvalue weighted by molar-refractivity contribution is 5.67. The highest BCUT2D eigenvalue weighted by Crippen LogP contribution is 2.27. The Morgan fingerprint density at radius 1 is 1.50 bits per heavy atom. The van der Waals surface area contributed by atoms with Crippen LogP contribution in [-0.2, 0) is 15.1 Å². The lowest BCUT2D eigenvalue weighted by atomic mass is 9.96. The number of halogens is 2. The van der Waals surface area contributed by atoms with Gasteiger partial charge in [0.15, 0.2) is 0 Å². The third kappa shape index (κ3) is 2.34. The minimum absolute atomic E-state index is 0.174. The Labute approximate surface area is 91.3 Å². The van der Waals surface area contributed by atoms with Crippen molar-refractivity contribution in [1.82, 2.24) is 0 Å². The SMILES string of the molecule is CC(=O)OC(C)(C#N)c1ccc(F)cc1F. The van der Waals surface area contributed by atoms with Crippen molar-refractivity contribution in [3.8, 4) is 6.07 Å². The van der Waals surface area contributed by atoms with Gasteiger partial charge >= 0.3 is 5.97 Å². The van der Waals surface area contributed by atoms with E-state index in [9.17, 15) is 13.6 Å². The molecule has 0 aliphatic heterocycles. The third-order valence-electron chi connectivity index (χ3n) is 2.01. The Morgan fingerprint density at radius 2 is 2.12 bits per heavy atom. The van der Waals surface area contributed by atoms with Gasteiger partial charge < -0.3 is 4.74 Å². The summed E-state index contributed by atoms with van der Waals surface area (Å²) in [5, 5.41) is 8.89. The van der Waals surface area contributed by atoms with Crippen molar-refractivity contribution < 1.29 is 18.3 Å². The summed E-state index contributed by atoms with van der Waals surface area (Å²) in [5.41, 5.74) is -1.92. The molecule has 0 spiro atoms. The molecule has 1 unspecified atom stereocenters. The monoisotopic (exact) mass is 225 g/mol. The molecule has 0 heterocycles. The molecule has 3 nitrogen and oxygen atoms in total. The summed E-state index contributed by atoms with van der Waals surface area (Å²) >= 11 is 0. The maximum Gasteiger partial charge on any atom is 0.304 e. The third-order valence-corrected chi connectivity index (χ3v) is 2.01. The quantitative estimate of drug-likeness (QED) is 0.725. The molecule has 0 saturated carbocycles. The number of nitrogens with zero attached hydrogens (tertiary/aromatic N) is 1. The Morgan fingerprint density at radius 3 is 2.56 bits per heavy atom. The molecule has 0 aliphatic rings. The van der Waals surface area contributed by atoms with Crippen LogP contribution in [0.25, 0.3) is 0 Å². The number of esters is 1. The minimum atomic E-state index is -1.75. The number of nitriles is 1. The maximum atomic E-state index is 13.4. The van der Waals surface area contributed by atoms with Crippen molar-refractivity contribution in [3.05, 3.63) is 35.4 Å². The van der Waals surface area contributed by atoms with Crippen LogP contribution in [0.4, 0.5) is 8.78 Å². The number of rotatable bonds is 2. The van der Waals surface area contributed by atoms with Crippen LogP contribution in [0.15, 0.2) is 18.2 Å². The first-order valence-corrected chi connectivity index (χ1v) is 4.45. The van der Waals surface area contributed by atoms with Crippen LogP contribution in [0.2, 0.25) is 0 Å². The van der Waals surface area contributed by atoms with Gasteiger partial charge in [0.2, 0.25) is 5.60 Å². The second-order valence-electron chi connectivity index (χ2n) is 3.36. The van der Waals surface area contributed by atoms with Gasteiger partial charge in [-0.1, -0.05) is 0 Å². The molecule has 0 saturated heterocycles. The summed E-state index contributed by atoms with van der Waals surface area (Å²) < 4.78 is 30.8. The predicted molar refractivity (Wildman–Crippen MR) is 51.1 cm³/mol. The molecule has 16 heavy (non-hydrogen) atoms. The summed E-state index contributed by atoms with van der Waals surface area (Å²) in [4.78, 5) is 10.8. The molecule has 1 aromatic carbocycles. The standard InChI is InChI=1S/C11H9F2NO2/c1-7(15)16-11(2,6-14)9-4-3-8(12)5-10(9)13/h3-5H,1-2H3. The van der Waals surface area contributed by atoms with Crippen LogP contribution in [-0.4, -0.2) is 5.97 Å². The van der Waals surface area contributed by atoms with Gasteiger partial charge in [-0.2, -0.15) is 5.26 Å². The molecule has 5 heteroatoms. The molecule has 1 atom stereocenters. The van der Waals surface area contributed by atoms with Crippen molar-refractivity contribution in [1.29, 1.82) is 5.26 Å². The van der Waals surface area contributed by atoms with Crippen molar-refractivity contribution in [3.63, 3.8) is 0 Å². The number of ether oxygens (including phenoxy) is 1. The lowest BCUT2D eigenvalue weighted by Crippen LogP contribution is -2.27. The van der Waals surface area contributed by atoms with E-state index in [1.807, 2.05) is 0 Å². The molecule has 0 radical (unpaired) electrons. The first-order chi connectivity index (χ1) is 7.39. The second-order valence-corrected chi connectivity index (χ2v) is 3.36. The largest absolute Gasteiger partial charge is 0.440 e. The van der Waals surface area contributed by atoms with E-state index < -0.39 is 23.2 Å². The minimum Gasteiger partial charge on any atom is -0.440 e. The molecular weight excluding hydrogens is 216 g/mol. The molecule has 0 fully saturated rings.